The van der Waals surface area contributed by atoms with Crippen molar-refractivity contribution in [3.05, 3.63) is 29.8 Å². The molecule has 2 rings (SSSR count). The van der Waals surface area contributed by atoms with Crippen LogP contribution in [0.3, 0.4) is 0 Å². The number of nitrogens with two attached hydrogens (primary N) is 1. The van der Waals surface area contributed by atoms with Gasteiger partial charge in [-0.15, -0.1) is 0 Å². The van der Waals surface area contributed by atoms with E-state index in [4.69, 9.17) is 4.74 Å². The Bertz CT molecular complexity index is 379. The van der Waals surface area contributed by atoms with Crippen LogP contribution >= 0.6 is 11.8 Å². The number of thioether (sulfide) groups is 1. The van der Waals surface area contributed by atoms with Gasteiger partial charge in [0.15, 0.2) is 5.37 Å². The summed E-state index contributed by atoms with van der Waals surface area (Å²) < 4.78 is 5.07. The van der Waals surface area contributed by atoms with Gasteiger partial charge in [-0.2, -0.15) is 0 Å². The van der Waals surface area contributed by atoms with Crippen LogP contribution in [-0.4, -0.2) is 24.9 Å². The first-order valence-electron chi connectivity index (χ1n) is 5.02. The molecular weight excluding hydrogens is 226 g/mol. The van der Waals surface area contributed by atoms with Gasteiger partial charge in [-0.25, -0.2) is 0 Å². The van der Waals surface area contributed by atoms with Crippen molar-refractivity contribution in [1.29, 1.82) is 0 Å². The number of ether oxygens (including phenoxy) is 1. The molecule has 1 aromatic carbocycles. The van der Waals surface area contributed by atoms with Crippen LogP contribution in [0.4, 0.5) is 0 Å². The fourth-order valence-corrected chi connectivity index (χ4v) is 2.99. The molecule has 1 aliphatic heterocycles. The lowest BCUT2D eigenvalue weighted by Crippen LogP contribution is -2.90. The summed E-state index contributed by atoms with van der Waals surface area (Å²) in [5, 5.41) is 12.7. The first-order valence-corrected chi connectivity index (χ1v) is 6.07. The Morgan fingerprint density at radius 3 is 2.69 bits per heavy atom. The lowest BCUT2D eigenvalue weighted by Gasteiger charge is -2.11. The Morgan fingerprint density at radius 2 is 2.19 bits per heavy atom. The molecule has 0 saturated carbocycles. The second-order valence-electron chi connectivity index (χ2n) is 3.65. The zero-order valence-electron chi connectivity index (χ0n) is 8.88. The lowest BCUT2D eigenvalue weighted by molar-refractivity contribution is -0.690. The number of carbonyl (C=O) groups excluding carboxylic acids is 1. The Labute approximate surface area is 98.0 Å². The van der Waals surface area contributed by atoms with Gasteiger partial charge in [0.1, 0.15) is 17.8 Å². The van der Waals surface area contributed by atoms with Crippen LogP contribution in [0.1, 0.15) is 10.9 Å². The van der Waals surface area contributed by atoms with Crippen LogP contribution in [0.5, 0.6) is 5.75 Å². The molecule has 2 N–H and O–H groups in total. The van der Waals surface area contributed by atoms with E-state index in [2.05, 4.69) is 0 Å². The summed E-state index contributed by atoms with van der Waals surface area (Å²) in [6.07, 6.45) is 0. The minimum absolute atomic E-state index is 0.147. The van der Waals surface area contributed by atoms with E-state index in [1.54, 1.807) is 18.9 Å². The normalized spacial score (nSPS) is 24.3. The molecule has 0 aromatic heterocycles. The van der Waals surface area contributed by atoms with Gasteiger partial charge < -0.3 is 20.0 Å². The van der Waals surface area contributed by atoms with Crippen molar-refractivity contribution < 1.29 is 20.0 Å². The number of carboxylic acids is 1. The quantitative estimate of drug-likeness (QED) is 0.744. The Balaban J connectivity index is 2.05. The molecule has 86 valence electrons. The Hall–Kier alpha value is -1.20. The summed E-state index contributed by atoms with van der Waals surface area (Å²) >= 11 is 1.63. The van der Waals surface area contributed by atoms with Gasteiger partial charge >= 0.3 is 0 Å². The fourth-order valence-electron chi connectivity index (χ4n) is 1.68. The third kappa shape index (κ3) is 2.31. The maximum atomic E-state index is 10.7. The molecule has 1 saturated heterocycles. The van der Waals surface area contributed by atoms with Crippen molar-refractivity contribution in [2.45, 2.75) is 11.4 Å². The predicted octanol–water partition coefficient (Wildman–Crippen LogP) is -0.877. The molecule has 16 heavy (non-hydrogen) atoms. The molecule has 0 spiro atoms. The number of rotatable bonds is 3. The van der Waals surface area contributed by atoms with Crippen LogP contribution < -0.4 is 15.2 Å². The number of hydrogen-bond acceptors (Lipinski definition) is 4. The third-order valence-corrected chi connectivity index (χ3v) is 3.95. The molecule has 1 aromatic rings. The molecule has 0 amide bonds. The van der Waals surface area contributed by atoms with Gasteiger partial charge in [0, 0.05) is 5.56 Å². The van der Waals surface area contributed by atoms with Gasteiger partial charge in [-0.05, 0) is 24.3 Å². The topological polar surface area (TPSA) is 66.0 Å². The van der Waals surface area contributed by atoms with Crippen LogP contribution in [0.15, 0.2) is 24.3 Å². The number of carbonyl (C=O) groups is 1. The number of hydrogen-bond donors (Lipinski definition) is 1. The molecule has 2 atom stereocenters. The fraction of sp³-hybridized carbons (Fsp3) is 0.364. The van der Waals surface area contributed by atoms with Gasteiger partial charge in [0.25, 0.3) is 0 Å². The largest absolute Gasteiger partial charge is 0.544 e. The smallest absolute Gasteiger partial charge is 0.159 e. The summed E-state index contributed by atoms with van der Waals surface area (Å²) in [5.74, 6) is 0.422. The van der Waals surface area contributed by atoms with E-state index in [0.29, 0.717) is 5.75 Å². The summed E-state index contributed by atoms with van der Waals surface area (Å²) in [4.78, 5) is 10.7. The van der Waals surface area contributed by atoms with E-state index in [1.807, 2.05) is 29.6 Å². The highest BCUT2D eigenvalue weighted by molar-refractivity contribution is 7.99. The molecule has 4 nitrogen and oxygen atoms in total. The van der Waals surface area contributed by atoms with Crippen molar-refractivity contribution in [2.75, 3.05) is 12.9 Å². The first-order chi connectivity index (χ1) is 7.70. The average Bonchev–Trinajstić information content (AvgIpc) is 2.78. The SMILES string of the molecule is COc1ccc([C@H]2[NH2+][C@@H](C(=O)[O-])CS2)cc1. The van der Waals surface area contributed by atoms with Gasteiger partial charge in [-0.3, -0.25) is 0 Å². The number of aliphatic carboxylic acids is 1. The summed E-state index contributed by atoms with van der Waals surface area (Å²) in [5.41, 5.74) is 1.11. The van der Waals surface area contributed by atoms with E-state index < -0.39 is 12.0 Å². The van der Waals surface area contributed by atoms with E-state index in [0.717, 1.165) is 11.3 Å². The van der Waals surface area contributed by atoms with E-state index in [1.165, 1.54) is 0 Å². The zero-order chi connectivity index (χ0) is 11.5. The van der Waals surface area contributed by atoms with Crippen molar-refractivity contribution in [2.24, 2.45) is 0 Å². The minimum atomic E-state index is -0.983. The maximum Gasteiger partial charge on any atom is 0.159 e. The predicted molar refractivity (Wildman–Crippen MR) is 58.9 cm³/mol. The molecule has 0 bridgehead atoms. The standard InChI is InChI=1S/C11H13NO3S/c1-15-8-4-2-7(3-5-8)10-12-9(6-16-10)11(13)14/h2-5,9-10,12H,6H2,1H3,(H,13,14)/t9-,10+/m1/s1. The first kappa shape index (κ1) is 11.3. The number of benzene rings is 1. The molecule has 0 radical (unpaired) electrons. The van der Waals surface area contributed by atoms with Crippen LogP contribution in [-0.2, 0) is 4.79 Å². The maximum absolute atomic E-state index is 10.7. The Morgan fingerprint density at radius 1 is 1.50 bits per heavy atom. The summed E-state index contributed by atoms with van der Waals surface area (Å²) in [6, 6.07) is 7.26. The molecule has 1 heterocycles. The van der Waals surface area contributed by atoms with E-state index >= 15 is 0 Å². The molecular formula is C11H13NO3S. The second kappa shape index (κ2) is 4.76. The third-order valence-electron chi connectivity index (χ3n) is 2.61. The molecule has 1 fully saturated rings. The monoisotopic (exact) mass is 239 g/mol. The van der Waals surface area contributed by atoms with E-state index in [9.17, 15) is 9.90 Å². The highest BCUT2D eigenvalue weighted by atomic mass is 32.2. The van der Waals surface area contributed by atoms with Crippen molar-refractivity contribution in [1.82, 2.24) is 0 Å². The van der Waals surface area contributed by atoms with Crippen molar-refractivity contribution >= 4 is 17.7 Å². The number of quaternary nitrogens is 1. The van der Waals surface area contributed by atoms with Crippen LogP contribution in [0.2, 0.25) is 0 Å². The molecule has 1 aliphatic rings. The van der Waals surface area contributed by atoms with Crippen molar-refractivity contribution in [3.63, 3.8) is 0 Å². The van der Waals surface area contributed by atoms with Gasteiger partial charge in [0.2, 0.25) is 0 Å². The average molecular weight is 239 g/mol. The lowest BCUT2D eigenvalue weighted by atomic mass is 10.2. The highest BCUT2D eigenvalue weighted by Crippen LogP contribution is 2.27. The molecule has 0 unspecified atom stereocenters. The number of carboxylic acid groups (broad SMARTS) is 1. The minimum Gasteiger partial charge on any atom is -0.544 e. The van der Waals surface area contributed by atoms with Crippen LogP contribution in [0.25, 0.3) is 0 Å². The summed E-state index contributed by atoms with van der Waals surface area (Å²) in [6.45, 7) is 0. The molecule has 5 heteroatoms. The molecule has 0 aliphatic carbocycles. The Kier molecular flexibility index (Phi) is 3.36. The summed E-state index contributed by atoms with van der Waals surface area (Å²) in [7, 11) is 1.62. The highest BCUT2D eigenvalue weighted by Gasteiger charge is 2.30. The van der Waals surface area contributed by atoms with Crippen molar-refractivity contribution in [3.8, 4) is 5.75 Å². The van der Waals surface area contributed by atoms with Gasteiger partial charge in [0.05, 0.1) is 12.9 Å². The zero-order valence-corrected chi connectivity index (χ0v) is 9.70. The second-order valence-corrected chi connectivity index (χ2v) is 4.82. The van der Waals surface area contributed by atoms with Gasteiger partial charge in [-0.1, -0.05) is 11.8 Å². The number of methoxy groups -OCH3 is 1. The van der Waals surface area contributed by atoms with Crippen LogP contribution in [0, 0.1) is 0 Å². The van der Waals surface area contributed by atoms with E-state index in [-0.39, 0.29) is 5.37 Å².